The number of carboxylic acids is 1. The van der Waals surface area contributed by atoms with E-state index >= 15 is 0 Å². The lowest BCUT2D eigenvalue weighted by Crippen LogP contribution is -2.17. The molecular formula is C15H15N3O2S. The number of nitrogens with zero attached hydrogens (tertiary/aromatic N) is 3. The molecule has 0 atom stereocenters. The van der Waals surface area contributed by atoms with Gasteiger partial charge in [0.2, 0.25) is 0 Å². The molecule has 0 saturated carbocycles. The smallest absolute Gasteiger partial charge is 0.335 e. The number of imidazole rings is 1. The molecule has 1 aromatic carbocycles. The third-order valence-corrected chi connectivity index (χ3v) is 4.00. The van der Waals surface area contributed by atoms with Gasteiger partial charge in [0.1, 0.15) is 0 Å². The molecule has 2 heterocycles. The summed E-state index contributed by atoms with van der Waals surface area (Å²) in [4.78, 5) is 18.5. The van der Waals surface area contributed by atoms with Gasteiger partial charge in [-0.15, -0.1) is 11.3 Å². The number of aromatic carboxylic acids is 1. The predicted molar refractivity (Wildman–Crippen MR) is 81.6 cm³/mol. The Balaban J connectivity index is 1.64. The van der Waals surface area contributed by atoms with Gasteiger partial charge in [-0.3, -0.25) is 9.30 Å². The zero-order chi connectivity index (χ0) is 14.8. The Morgan fingerprint density at radius 2 is 2.10 bits per heavy atom. The summed E-state index contributed by atoms with van der Waals surface area (Å²) in [5.74, 6) is -0.895. The molecule has 21 heavy (non-hydrogen) atoms. The molecule has 0 unspecified atom stereocenters. The fourth-order valence-electron chi connectivity index (χ4n) is 2.25. The van der Waals surface area contributed by atoms with E-state index in [1.165, 1.54) is 0 Å². The van der Waals surface area contributed by atoms with Gasteiger partial charge in [0.15, 0.2) is 4.96 Å². The molecule has 0 spiro atoms. The highest BCUT2D eigenvalue weighted by molar-refractivity contribution is 7.15. The Morgan fingerprint density at radius 3 is 2.76 bits per heavy atom. The largest absolute Gasteiger partial charge is 0.478 e. The molecule has 0 aliphatic heterocycles. The van der Waals surface area contributed by atoms with Gasteiger partial charge in [-0.1, -0.05) is 12.1 Å². The van der Waals surface area contributed by atoms with E-state index < -0.39 is 5.97 Å². The number of hydrogen-bond donors (Lipinski definition) is 1. The van der Waals surface area contributed by atoms with Crippen LogP contribution in [0.3, 0.4) is 0 Å². The fourth-order valence-corrected chi connectivity index (χ4v) is 2.97. The summed E-state index contributed by atoms with van der Waals surface area (Å²) < 4.78 is 2.02. The van der Waals surface area contributed by atoms with Crippen molar-refractivity contribution in [3.05, 3.63) is 58.9 Å². The number of thiazole rings is 1. The van der Waals surface area contributed by atoms with Crippen LogP contribution >= 0.6 is 11.3 Å². The van der Waals surface area contributed by atoms with Crippen LogP contribution in [-0.4, -0.2) is 32.4 Å². The maximum absolute atomic E-state index is 10.8. The van der Waals surface area contributed by atoms with Crippen molar-refractivity contribution in [2.45, 2.75) is 13.1 Å². The molecule has 0 aliphatic rings. The minimum absolute atomic E-state index is 0.316. The first kappa shape index (κ1) is 13.8. The Labute approximate surface area is 126 Å². The van der Waals surface area contributed by atoms with Crippen LogP contribution in [0.5, 0.6) is 0 Å². The van der Waals surface area contributed by atoms with E-state index in [-0.39, 0.29) is 0 Å². The molecule has 0 fully saturated rings. The average molecular weight is 301 g/mol. The first-order valence-electron chi connectivity index (χ1n) is 6.53. The van der Waals surface area contributed by atoms with Crippen LogP contribution in [0.2, 0.25) is 0 Å². The van der Waals surface area contributed by atoms with E-state index in [0.717, 1.165) is 29.3 Å². The molecule has 3 rings (SSSR count). The Morgan fingerprint density at radius 1 is 1.33 bits per heavy atom. The predicted octanol–water partition coefficient (Wildman–Crippen LogP) is 2.73. The molecule has 0 radical (unpaired) electrons. The van der Waals surface area contributed by atoms with Crippen LogP contribution < -0.4 is 0 Å². The normalized spacial score (nSPS) is 11.3. The second-order valence-electron chi connectivity index (χ2n) is 5.00. The first-order chi connectivity index (χ1) is 10.1. The summed E-state index contributed by atoms with van der Waals surface area (Å²) in [6.45, 7) is 1.51. The molecule has 3 aromatic rings. The number of aromatic nitrogens is 2. The van der Waals surface area contributed by atoms with Crippen molar-refractivity contribution in [3.63, 3.8) is 0 Å². The van der Waals surface area contributed by atoms with Crippen molar-refractivity contribution < 1.29 is 9.90 Å². The third kappa shape index (κ3) is 3.12. The van der Waals surface area contributed by atoms with E-state index in [9.17, 15) is 4.79 Å². The standard InChI is InChI=1S/C15H15N3O2S/c1-17(8-11-2-4-12(5-3-11)14(19)20)9-13-10-18-6-7-21-15(18)16-13/h2-7,10H,8-9H2,1H3,(H,19,20). The van der Waals surface area contributed by atoms with Crippen molar-refractivity contribution in [1.82, 2.24) is 14.3 Å². The zero-order valence-electron chi connectivity index (χ0n) is 11.6. The number of carbonyl (C=O) groups is 1. The van der Waals surface area contributed by atoms with Gasteiger partial charge < -0.3 is 5.11 Å². The first-order valence-corrected chi connectivity index (χ1v) is 7.41. The lowest BCUT2D eigenvalue weighted by molar-refractivity contribution is 0.0697. The van der Waals surface area contributed by atoms with E-state index in [2.05, 4.69) is 9.88 Å². The number of fused-ring (bicyclic) bond motifs is 1. The van der Waals surface area contributed by atoms with Crippen molar-refractivity contribution in [2.75, 3.05) is 7.05 Å². The molecule has 1 N–H and O–H groups in total. The monoisotopic (exact) mass is 301 g/mol. The topological polar surface area (TPSA) is 57.8 Å². The van der Waals surface area contributed by atoms with Crippen molar-refractivity contribution in [2.24, 2.45) is 0 Å². The molecule has 108 valence electrons. The van der Waals surface area contributed by atoms with Gasteiger partial charge in [-0.25, -0.2) is 9.78 Å². The van der Waals surface area contributed by atoms with Gasteiger partial charge >= 0.3 is 5.97 Å². The van der Waals surface area contributed by atoms with Gasteiger partial charge in [-0.05, 0) is 24.7 Å². The zero-order valence-corrected chi connectivity index (χ0v) is 12.4. The second kappa shape index (κ2) is 5.67. The SMILES string of the molecule is CN(Cc1ccc(C(=O)O)cc1)Cc1cn2ccsc2n1. The summed E-state index contributed by atoms with van der Waals surface area (Å²) in [6, 6.07) is 6.98. The lowest BCUT2D eigenvalue weighted by Gasteiger charge is -2.15. The quantitative estimate of drug-likeness (QED) is 0.787. The van der Waals surface area contributed by atoms with Gasteiger partial charge in [-0.2, -0.15) is 0 Å². The second-order valence-corrected chi connectivity index (χ2v) is 5.87. The summed E-state index contributed by atoms with van der Waals surface area (Å²) in [6.07, 6.45) is 4.04. The Hall–Kier alpha value is -2.18. The molecule has 0 bridgehead atoms. The van der Waals surface area contributed by atoms with Crippen molar-refractivity contribution in [3.8, 4) is 0 Å². The molecule has 5 nitrogen and oxygen atoms in total. The van der Waals surface area contributed by atoms with Crippen LogP contribution in [0, 0.1) is 0 Å². The van der Waals surface area contributed by atoms with E-state index in [1.807, 2.05) is 41.4 Å². The number of carboxylic acid groups (broad SMARTS) is 1. The lowest BCUT2D eigenvalue weighted by atomic mass is 10.1. The van der Waals surface area contributed by atoms with Crippen LogP contribution in [-0.2, 0) is 13.1 Å². The van der Waals surface area contributed by atoms with Crippen LogP contribution in [0.15, 0.2) is 42.0 Å². The summed E-state index contributed by atoms with van der Waals surface area (Å²) in [7, 11) is 2.03. The van der Waals surface area contributed by atoms with E-state index in [0.29, 0.717) is 5.56 Å². The maximum atomic E-state index is 10.8. The molecule has 0 aliphatic carbocycles. The highest BCUT2D eigenvalue weighted by Gasteiger charge is 2.07. The van der Waals surface area contributed by atoms with Gasteiger partial charge in [0.25, 0.3) is 0 Å². The van der Waals surface area contributed by atoms with Crippen molar-refractivity contribution in [1.29, 1.82) is 0 Å². The number of benzene rings is 1. The summed E-state index contributed by atoms with van der Waals surface area (Å²) in [5.41, 5.74) is 2.44. The number of rotatable bonds is 5. The van der Waals surface area contributed by atoms with Gasteiger partial charge in [0, 0.05) is 30.9 Å². The average Bonchev–Trinajstić information content (AvgIpc) is 3.00. The Kier molecular flexibility index (Phi) is 3.72. The van der Waals surface area contributed by atoms with Crippen LogP contribution in [0.1, 0.15) is 21.6 Å². The molecule has 0 saturated heterocycles. The maximum Gasteiger partial charge on any atom is 0.335 e. The molecule has 0 amide bonds. The molecule has 6 heteroatoms. The summed E-state index contributed by atoms with van der Waals surface area (Å²) >= 11 is 1.62. The van der Waals surface area contributed by atoms with Gasteiger partial charge in [0.05, 0.1) is 11.3 Å². The van der Waals surface area contributed by atoms with Crippen LogP contribution in [0.4, 0.5) is 0 Å². The Bertz CT molecular complexity index is 732. The van der Waals surface area contributed by atoms with E-state index in [1.54, 1.807) is 23.5 Å². The fraction of sp³-hybridized carbons (Fsp3) is 0.200. The molecular weight excluding hydrogens is 286 g/mol. The highest BCUT2D eigenvalue weighted by atomic mass is 32.1. The minimum atomic E-state index is -0.895. The van der Waals surface area contributed by atoms with E-state index in [4.69, 9.17) is 5.11 Å². The minimum Gasteiger partial charge on any atom is -0.478 e. The summed E-state index contributed by atoms with van der Waals surface area (Å²) in [5, 5.41) is 10.9. The molecule has 2 aromatic heterocycles. The number of hydrogen-bond acceptors (Lipinski definition) is 4. The van der Waals surface area contributed by atoms with Crippen LogP contribution in [0.25, 0.3) is 4.96 Å². The van der Waals surface area contributed by atoms with Crippen molar-refractivity contribution >= 4 is 22.3 Å². The highest BCUT2D eigenvalue weighted by Crippen LogP contribution is 2.14. The third-order valence-electron chi connectivity index (χ3n) is 3.23.